The molecule has 7 nitrogen and oxygen atoms in total. The molecule has 11 heteroatoms. The number of halogens is 4. The van der Waals surface area contributed by atoms with E-state index in [1.165, 1.54) is 0 Å². The van der Waals surface area contributed by atoms with E-state index in [0.717, 1.165) is 29.0 Å². The first-order valence-electron chi connectivity index (χ1n) is 8.67. The fraction of sp³-hybridized carbons (Fsp3) is 0.211. The molecule has 30 heavy (non-hydrogen) atoms. The molecule has 158 valence electrons. The van der Waals surface area contributed by atoms with Gasteiger partial charge >= 0.3 is 5.97 Å². The molecule has 0 saturated carbocycles. The molecule has 1 unspecified atom stereocenters. The van der Waals surface area contributed by atoms with Crippen LogP contribution >= 0.6 is 12.4 Å². The lowest BCUT2D eigenvalue weighted by Gasteiger charge is -2.16. The molecule has 0 radical (unpaired) electrons. The number of hydrogen-bond acceptors (Lipinski definition) is 5. The van der Waals surface area contributed by atoms with Crippen LogP contribution in [0.3, 0.4) is 0 Å². The van der Waals surface area contributed by atoms with E-state index in [2.05, 4.69) is 10.3 Å². The first-order chi connectivity index (χ1) is 13.8. The van der Waals surface area contributed by atoms with Gasteiger partial charge in [0.2, 0.25) is 5.43 Å². The third kappa shape index (κ3) is 3.83. The molecule has 0 spiro atoms. The van der Waals surface area contributed by atoms with Crippen molar-refractivity contribution in [2.45, 2.75) is 12.5 Å². The minimum atomic E-state index is -1.58. The number of rotatable bonds is 4. The van der Waals surface area contributed by atoms with Gasteiger partial charge in [-0.05, 0) is 31.2 Å². The first-order valence-corrected chi connectivity index (χ1v) is 8.67. The fourth-order valence-corrected chi connectivity index (χ4v) is 3.19. The highest BCUT2D eigenvalue weighted by Gasteiger charge is 2.23. The number of ether oxygens (including phenoxy) is 1. The van der Waals surface area contributed by atoms with Crippen molar-refractivity contribution in [2.24, 2.45) is 0 Å². The number of nitrogens with one attached hydrogen (secondary N) is 1. The summed E-state index contributed by atoms with van der Waals surface area (Å²) >= 11 is 0. The average Bonchev–Trinajstić information content (AvgIpc) is 3.17. The zero-order chi connectivity index (χ0) is 20.7. The second kappa shape index (κ2) is 8.33. The van der Waals surface area contributed by atoms with Crippen LogP contribution in [-0.2, 0) is 0 Å². The minimum absolute atomic E-state index is 0. The van der Waals surface area contributed by atoms with E-state index in [1.54, 1.807) is 0 Å². The molecule has 0 amide bonds. The van der Waals surface area contributed by atoms with Gasteiger partial charge in [-0.25, -0.2) is 18.0 Å². The number of benzene rings is 1. The Morgan fingerprint density at radius 3 is 2.63 bits per heavy atom. The van der Waals surface area contributed by atoms with Crippen LogP contribution in [0.4, 0.5) is 13.2 Å². The van der Waals surface area contributed by atoms with E-state index >= 15 is 0 Å². The van der Waals surface area contributed by atoms with Crippen molar-refractivity contribution in [2.75, 3.05) is 13.1 Å². The largest absolute Gasteiger partial charge is 0.477 e. The van der Waals surface area contributed by atoms with Crippen LogP contribution in [0, 0.1) is 17.5 Å². The van der Waals surface area contributed by atoms with Crippen molar-refractivity contribution in [1.29, 1.82) is 0 Å². The molecule has 0 bridgehead atoms. The van der Waals surface area contributed by atoms with Crippen LogP contribution in [0.1, 0.15) is 16.8 Å². The van der Waals surface area contributed by atoms with Crippen LogP contribution in [0.25, 0.3) is 16.7 Å². The maximum atomic E-state index is 14.5. The number of pyridine rings is 2. The molecule has 3 aromatic rings. The SMILES string of the molecule is Cl.O=C(O)c1cn(-c2ccc(F)cc2F)c2nc(OC3CCNC3)c(F)cc2c1=O. The monoisotopic (exact) mass is 441 g/mol. The van der Waals surface area contributed by atoms with Gasteiger partial charge in [0.15, 0.2) is 11.5 Å². The van der Waals surface area contributed by atoms with Gasteiger partial charge in [-0.1, -0.05) is 0 Å². The molecule has 1 aliphatic rings. The van der Waals surface area contributed by atoms with Gasteiger partial charge in [0.05, 0.1) is 11.1 Å². The second-order valence-corrected chi connectivity index (χ2v) is 6.52. The van der Waals surface area contributed by atoms with Crippen LogP contribution in [-0.4, -0.2) is 39.8 Å². The number of carbonyl (C=O) groups is 1. The Balaban J connectivity index is 0.00000256. The summed E-state index contributed by atoms with van der Waals surface area (Å²) in [6.45, 7) is 1.17. The second-order valence-electron chi connectivity index (χ2n) is 6.52. The molecule has 4 rings (SSSR count). The summed E-state index contributed by atoms with van der Waals surface area (Å²) in [5.74, 6) is -4.78. The van der Waals surface area contributed by atoms with E-state index in [9.17, 15) is 27.9 Å². The number of carboxylic acid groups (broad SMARTS) is 1. The van der Waals surface area contributed by atoms with Gasteiger partial charge in [0.1, 0.15) is 23.3 Å². The van der Waals surface area contributed by atoms with Gasteiger partial charge in [0, 0.05) is 18.8 Å². The summed E-state index contributed by atoms with van der Waals surface area (Å²) in [6, 6.07) is 3.44. The predicted molar refractivity (Wildman–Crippen MR) is 103 cm³/mol. The third-order valence-corrected chi connectivity index (χ3v) is 4.59. The molecule has 2 aromatic heterocycles. The fourth-order valence-electron chi connectivity index (χ4n) is 3.19. The number of aromatic nitrogens is 2. The van der Waals surface area contributed by atoms with Gasteiger partial charge in [-0.3, -0.25) is 9.36 Å². The van der Waals surface area contributed by atoms with Crippen molar-refractivity contribution < 1.29 is 27.8 Å². The number of hydrogen-bond donors (Lipinski definition) is 2. The van der Waals surface area contributed by atoms with E-state index in [1.807, 2.05) is 0 Å². The summed E-state index contributed by atoms with van der Waals surface area (Å²) in [7, 11) is 0. The average molecular weight is 442 g/mol. The lowest BCUT2D eigenvalue weighted by molar-refractivity contribution is 0.0695. The molecular weight excluding hydrogens is 427 g/mol. The standard InChI is InChI=1S/C19H14F3N3O4.ClH/c20-9-1-2-15(13(21)5-9)25-8-12(19(27)28)16(26)11-6-14(22)18(24-17(11)25)29-10-3-4-23-7-10;/h1-2,5-6,8,10,23H,3-4,7H2,(H,27,28);1H. The van der Waals surface area contributed by atoms with E-state index < -0.39 is 40.3 Å². The first kappa shape index (κ1) is 21.6. The van der Waals surface area contributed by atoms with Crippen molar-refractivity contribution in [3.05, 3.63) is 63.7 Å². The van der Waals surface area contributed by atoms with Gasteiger partial charge in [-0.2, -0.15) is 4.98 Å². The smallest absolute Gasteiger partial charge is 0.341 e. The summed E-state index contributed by atoms with van der Waals surface area (Å²) < 4.78 is 48.7. The number of aromatic carboxylic acids is 1. The van der Waals surface area contributed by atoms with Gasteiger partial charge < -0.3 is 15.2 Å². The van der Waals surface area contributed by atoms with E-state index in [-0.39, 0.29) is 35.2 Å². The Morgan fingerprint density at radius 1 is 1.23 bits per heavy atom. The molecule has 0 aliphatic carbocycles. The Bertz CT molecular complexity index is 1200. The Labute approximate surface area is 173 Å². The van der Waals surface area contributed by atoms with E-state index in [0.29, 0.717) is 25.6 Å². The highest BCUT2D eigenvalue weighted by Crippen LogP contribution is 2.25. The molecule has 1 aliphatic heterocycles. The summed E-state index contributed by atoms with van der Waals surface area (Å²) in [5.41, 5.74) is -2.16. The summed E-state index contributed by atoms with van der Waals surface area (Å²) in [6.07, 6.45) is 1.15. The molecule has 3 heterocycles. The third-order valence-electron chi connectivity index (χ3n) is 4.59. The molecule has 1 fully saturated rings. The Kier molecular flexibility index (Phi) is 5.99. The van der Waals surface area contributed by atoms with Crippen molar-refractivity contribution in [1.82, 2.24) is 14.9 Å². The number of carboxylic acids is 1. The summed E-state index contributed by atoms with van der Waals surface area (Å²) in [5, 5.41) is 12.0. The quantitative estimate of drug-likeness (QED) is 0.646. The molecule has 1 aromatic carbocycles. The molecule has 1 saturated heterocycles. The zero-order valence-corrected chi connectivity index (χ0v) is 16.0. The van der Waals surface area contributed by atoms with E-state index in [4.69, 9.17) is 4.74 Å². The highest BCUT2D eigenvalue weighted by atomic mass is 35.5. The highest BCUT2D eigenvalue weighted by molar-refractivity contribution is 5.92. The molecular formula is C19H15ClF3N3O4. The minimum Gasteiger partial charge on any atom is -0.477 e. The van der Waals surface area contributed by atoms with Crippen molar-refractivity contribution in [3.63, 3.8) is 0 Å². The van der Waals surface area contributed by atoms with Crippen LogP contribution in [0.5, 0.6) is 5.88 Å². The maximum Gasteiger partial charge on any atom is 0.341 e. The lowest BCUT2D eigenvalue weighted by Crippen LogP contribution is -2.22. The number of fused-ring (bicyclic) bond motifs is 1. The Morgan fingerprint density at radius 2 is 2.00 bits per heavy atom. The number of nitrogens with zero attached hydrogens (tertiary/aromatic N) is 2. The molecule has 1 atom stereocenters. The molecule has 2 N–H and O–H groups in total. The van der Waals surface area contributed by atoms with Gasteiger partial charge in [-0.15, -0.1) is 12.4 Å². The van der Waals surface area contributed by atoms with Crippen LogP contribution < -0.4 is 15.5 Å². The maximum absolute atomic E-state index is 14.5. The van der Waals surface area contributed by atoms with Crippen LogP contribution in [0.2, 0.25) is 0 Å². The van der Waals surface area contributed by atoms with Crippen molar-refractivity contribution >= 4 is 29.4 Å². The Hall–Kier alpha value is -3.11. The topological polar surface area (TPSA) is 93.4 Å². The summed E-state index contributed by atoms with van der Waals surface area (Å²) in [4.78, 5) is 28.0. The predicted octanol–water partition coefficient (Wildman–Crippen LogP) is 2.66. The van der Waals surface area contributed by atoms with Gasteiger partial charge in [0.25, 0.3) is 5.88 Å². The zero-order valence-electron chi connectivity index (χ0n) is 15.2. The lowest BCUT2D eigenvalue weighted by atomic mass is 10.1. The van der Waals surface area contributed by atoms with Crippen molar-refractivity contribution in [3.8, 4) is 11.6 Å². The normalized spacial score (nSPS) is 15.8. The van der Waals surface area contributed by atoms with Crippen LogP contribution in [0.15, 0.2) is 35.3 Å².